The first-order chi connectivity index (χ1) is 20.0. The second kappa shape index (κ2) is 10.9. The molecule has 0 aliphatic heterocycles. The summed E-state index contributed by atoms with van der Waals surface area (Å²) in [6.07, 6.45) is 4.53. The van der Waals surface area contributed by atoms with Crippen LogP contribution in [0.2, 0.25) is 0 Å². The Morgan fingerprint density at radius 2 is 1.60 bits per heavy atom. The van der Waals surface area contributed by atoms with Crippen molar-refractivity contribution < 1.29 is 26.7 Å². The summed E-state index contributed by atoms with van der Waals surface area (Å²) >= 11 is 0. The fraction of sp³-hybridized carbons (Fsp3) is 0.353. The number of nitrogens with zero attached hydrogens (tertiary/aromatic N) is 1. The number of carbonyl (C=O) groups excluding carboxylic acids is 1. The zero-order valence-corrected chi connectivity index (χ0v) is 26.7. The lowest BCUT2D eigenvalue weighted by molar-refractivity contribution is -0.135. The van der Waals surface area contributed by atoms with Crippen LogP contribution in [0.3, 0.4) is 0 Å². The van der Waals surface area contributed by atoms with Crippen molar-refractivity contribution in [3.05, 3.63) is 95.7 Å². The molecule has 1 aromatic heterocycles. The lowest BCUT2D eigenvalue weighted by Gasteiger charge is -2.25. The van der Waals surface area contributed by atoms with Crippen LogP contribution in [0.25, 0.3) is 22.0 Å². The Bertz CT molecular complexity index is 1920. The number of Topliss-reactive ketones (excluding diaryl/α,β-unsaturated/α-hetero) is 1. The molecule has 3 aromatic carbocycles. The van der Waals surface area contributed by atoms with E-state index in [0.29, 0.717) is 24.0 Å². The fourth-order valence-electron chi connectivity index (χ4n) is 5.32. The molecule has 1 fully saturated rings. The van der Waals surface area contributed by atoms with Crippen molar-refractivity contribution in [3.8, 4) is 11.1 Å². The first kappa shape index (κ1) is 31.0. The molecule has 0 amide bonds. The van der Waals surface area contributed by atoms with E-state index in [4.69, 9.17) is 0 Å². The molecule has 1 aliphatic rings. The van der Waals surface area contributed by atoms with Gasteiger partial charge in [-0.2, -0.15) is 0 Å². The molecule has 1 N–H and O–H groups in total. The highest BCUT2D eigenvalue weighted by Gasteiger charge is 2.38. The SMILES string of the molecule is CC(C)(O)C(=O)C(Cc1cccc(-c2cc(C(C)(C)S(C)(=O)=O)cc3cccnc23)c1)c1ccc(S(=O)(=O)C2CC2)cc1. The van der Waals surface area contributed by atoms with Crippen molar-refractivity contribution in [3.63, 3.8) is 0 Å². The number of ketones is 1. The third-order valence-corrected chi connectivity index (χ3v) is 12.9. The second-order valence-electron chi connectivity index (χ2n) is 12.6. The average Bonchev–Trinajstić information content (AvgIpc) is 3.81. The summed E-state index contributed by atoms with van der Waals surface area (Å²) in [6.45, 7) is 6.29. The molecule has 1 saturated carbocycles. The third-order valence-electron chi connectivity index (χ3n) is 8.50. The van der Waals surface area contributed by atoms with E-state index >= 15 is 0 Å². The number of pyridine rings is 1. The monoisotopic (exact) mass is 619 g/mol. The first-order valence-corrected chi connectivity index (χ1v) is 17.7. The van der Waals surface area contributed by atoms with Gasteiger partial charge >= 0.3 is 0 Å². The van der Waals surface area contributed by atoms with Crippen molar-refractivity contribution in [1.82, 2.24) is 4.98 Å². The van der Waals surface area contributed by atoms with Gasteiger partial charge in [0, 0.05) is 29.3 Å². The zero-order chi connectivity index (χ0) is 31.4. The van der Waals surface area contributed by atoms with Crippen molar-refractivity contribution in [2.75, 3.05) is 6.26 Å². The van der Waals surface area contributed by atoms with Crippen LogP contribution in [0.15, 0.2) is 83.9 Å². The molecule has 9 heteroatoms. The molecule has 226 valence electrons. The van der Waals surface area contributed by atoms with E-state index in [1.807, 2.05) is 48.5 Å². The molecule has 1 atom stereocenters. The zero-order valence-electron chi connectivity index (χ0n) is 25.0. The van der Waals surface area contributed by atoms with E-state index in [1.165, 1.54) is 20.1 Å². The van der Waals surface area contributed by atoms with Crippen LogP contribution in [-0.4, -0.2) is 49.8 Å². The standard InChI is InChI=1S/C34H37NO6S2/c1-33(2,37)32(36)30(23-11-13-27(14-12-23)43(40,41)28-15-16-28)19-22-8-6-9-24(18-22)29-21-26(34(3,4)42(5,38)39)20-25-10-7-17-35-31(25)29/h6-14,17-18,20-21,28,30,37H,15-16,19H2,1-5H3. The fourth-order valence-corrected chi connectivity index (χ4v) is 7.53. The first-order valence-electron chi connectivity index (χ1n) is 14.3. The van der Waals surface area contributed by atoms with Crippen LogP contribution in [0.5, 0.6) is 0 Å². The van der Waals surface area contributed by atoms with E-state index in [0.717, 1.165) is 27.6 Å². The molecular formula is C34H37NO6S2. The Hall–Kier alpha value is -3.40. The van der Waals surface area contributed by atoms with Gasteiger partial charge in [0.25, 0.3) is 0 Å². The molecule has 4 aromatic rings. The summed E-state index contributed by atoms with van der Waals surface area (Å²) in [6, 6.07) is 21.6. The van der Waals surface area contributed by atoms with E-state index in [9.17, 15) is 26.7 Å². The van der Waals surface area contributed by atoms with E-state index in [-0.39, 0.29) is 22.3 Å². The number of hydrogen-bond acceptors (Lipinski definition) is 7. The Balaban J connectivity index is 1.56. The van der Waals surface area contributed by atoms with E-state index in [2.05, 4.69) is 4.98 Å². The number of fused-ring (bicyclic) bond motifs is 1. The molecular weight excluding hydrogens is 583 g/mol. The minimum Gasteiger partial charge on any atom is -0.383 e. The van der Waals surface area contributed by atoms with Gasteiger partial charge in [-0.25, -0.2) is 16.8 Å². The van der Waals surface area contributed by atoms with E-state index < -0.39 is 35.9 Å². The van der Waals surface area contributed by atoms with Crippen LogP contribution in [0, 0.1) is 0 Å². The highest BCUT2D eigenvalue weighted by molar-refractivity contribution is 7.92. The van der Waals surface area contributed by atoms with Crippen molar-refractivity contribution in [2.24, 2.45) is 0 Å². The van der Waals surface area contributed by atoms with Gasteiger partial charge in [0.15, 0.2) is 25.5 Å². The van der Waals surface area contributed by atoms with Gasteiger partial charge in [0.05, 0.1) is 20.4 Å². The number of aliphatic hydroxyl groups is 1. The number of rotatable bonds is 10. The maximum absolute atomic E-state index is 13.5. The maximum atomic E-state index is 13.5. The lowest BCUT2D eigenvalue weighted by Crippen LogP contribution is -2.36. The molecule has 1 aliphatic carbocycles. The molecule has 7 nitrogen and oxygen atoms in total. The normalized spacial score (nSPS) is 15.4. The maximum Gasteiger partial charge on any atom is 0.181 e. The summed E-state index contributed by atoms with van der Waals surface area (Å²) in [4.78, 5) is 18.4. The average molecular weight is 620 g/mol. The van der Waals surface area contributed by atoms with Gasteiger partial charge in [-0.1, -0.05) is 42.5 Å². The Kier molecular flexibility index (Phi) is 7.90. The summed E-state index contributed by atoms with van der Waals surface area (Å²) in [7, 11) is -6.81. The predicted molar refractivity (Wildman–Crippen MR) is 169 cm³/mol. The quantitative estimate of drug-likeness (QED) is 0.239. The van der Waals surface area contributed by atoms with Crippen LogP contribution in [0.1, 0.15) is 63.1 Å². The minimum atomic E-state index is -3.43. The molecule has 43 heavy (non-hydrogen) atoms. The number of benzene rings is 3. The minimum absolute atomic E-state index is 0.242. The number of carbonyl (C=O) groups is 1. The van der Waals surface area contributed by atoms with Crippen molar-refractivity contribution in [2.45, 2.75) is 73.4 Å². The van der Waals surface area contributed by atoms with Crippen LogP contribution >= 0.6 is 0 Å². The molecule has 0 bridgehead atoms. The molecule has 1 heterocycles. The third kappa shape index (κ3) is 6.16. The second-order valence-corrected chi connectivity index (χ2v) is 17.4. The molecule has 1 unspecified atom stereocenters. The van der Waals surface area contributed by atoms with Gasteiger partial charge in [-0.3, -0.25) is 9.78 Å². The molecule has 0 radical (unpaired) electrons. The number of sulfone groups is 2. The van der Waals surface area contributed by atoms with E-state index in [1.54, 1.807) is 44.3 Å². The summed E-state index contributed by atoms with van der Waals surface area (Å²) in [5.74, 6) is -1.10. The van der Waals surface area contributed by atoms with Gasteiger partial charge in [0.2, 0.25) is 0 Å². The van der Waals surface area contributed by atoms with Gasteiger partial charge in [-0.15, -0.1) is 0 Å². The topological polar surface area (TPSA) is 118 Å². The molecule has 0 saturated heterocycles. The smallest absolute Gasteiger partial charge is 0.181 e. The largest absolute Gasteiger partial charge is 0.383 e. The van der Waals surface area contributed by atoms with Crippen LogP contribution in [0.4, 0.5) is 0 Å². The highest BCUT2D eigenvalue weighted by atomic mass is 32.2. The van der Waals surface area contributed by atoms with Crippen LogP contribution < -0.4 is 0 Å². The summed E-state index contributed by atoms with van der Waals surface area (Å²) in [5, 5.41) is 11.2. The Morgan fingerprint density at radius 1 is 0.930 bits per heavy atom. The number of hydrogen-bond donors (Lipinski definition) is 1. The van der Waals surface area contributed by atoms with Gasteiger partial charge < -0.3 is 5.11 Å². The Morgan fingerprint density at radius 3 is 2.21 bits per heavy atom. The molecule has 0 spiro atoms. The van der Waals surface area contributed by atoms with Crippen LogP contribution in [-0.2, 0) is 35.6 Å². The lowest BCUT2D eigenvalue weighted by atomic mass is 9.82. The van der Waals surface area contributed by atoms with Gasteiger partial charge in [-0.05, 0) is 99.5 Å². The summed E-state index contributed by atoms with van der Waals surface area (Å²) < 4.78 is 49.7. The van der Waals surface area contributed by atoms with Gasteiger partial charge in [0.1, 0.15) is 5.60 Å². The van der Waals surface area contributed by atoms with Crippen molar-refractivity contribution in [1.29, 1.82) is 0 Å². The predicted octanol–water partition coefficient (Wildman–Crippen LogP) is 5.78. The summed E-state index contributed by atoms with van der Waals surface area (Å²) in [5.41, 5.74) is 2.80. The Labute approximate surface area is 253 Å². The molecule has 5 rings (SSSR count). The number of aromatic nitrogens is 1. The van der Waals surface area contributed by atoms with Crippen molar-refractivity contribution >= 4 is 36.4 Å². The highest BCUT2D eigenvalue weighted by Crippen LogP contribution is 2.38.